The van der Waals surface area contributed by atoms with Crippen LogP contribution >= 0.6 is 0 Å². The zero-order valence-electron chi connectivity index (χ0n) is 15.4. The number of nitro groups is 1. The summed E-state index contributed by atoms with van der Waals surface area (Å²) >= 11 is 0. The van der Waals surface area contributed by atoms with E-state index in [9.17, 15) is 23.3 Å². The van der Waals surface area contributed by atoms with Gasteiger partial charge in [-0.05, 0) is 49.9 Å². The number of nitrogens with zero attached hydrogens (tertiary/aromatic N) is 2. The minimum atomic E-state index is -4.00. The van der Waals surface area contributed by atoms with Crippen molar-refractivity contribution in [2.75, 3.05) is 17.8 Å². The number of sulfonamides is 1. The summed E-state index contributed by atoms with van der Waals surface area (Å²) in [6.45, 7) is 3.10. The van der Waals surface area contributed by atoms with Crippen LogP contribution in [-0.2, 0) is 10.0 Å². The Hall–Kier alpha value is -2.94. The molecule has 0 aliphatic carbocycles. The fraction of sp³-hybridized carbons (Fsp3) is 0.316. The van der Waals surface area contributed by atoms with E-state index in [0.717, 1.165) is 25.3 Å². The second-order valence-corrected chi connectivity index (χ2v) is 8.42. The van der Waals surface area contributed by atoms with E-state index in [1.54, 1.807) is 17.9 Å². The number of likely N-dealkylation sites (tertiary alicyclic amines) is 1. The van der Waals surface area contributed by atoms with Crippen LogP contribution in [0.3, 0.4) is 0 Å². The van der Waals surface area contributed by atoms with Crippen LogP contribution in [0.1, 0.15) is 35.2 Å². The molecule has 8 nitrogen and oxygen atoms in total. The fourth-order valence-electron chi connectivity index (χ4n) is 3.16. The minimum Gasteiger partial charge on any atom is -0.339 e. The van der Waals surface area contributed by atoms with Gasteiger partial charge in [0.25, 0.3) is 21.6 Å². The smallest absolute Gasteiger partial charge is 0.271 e. The second-order valence-electron chi connectivity index (χ2n) is 6.74. The lowest BCUT2D eigenvalue weighted by molar-refractivity contribution is -0.384. The Kier molecular flexibility index (Phi) is 5.64. The van der Waals surface area contributed by atoms with Crippen molar-refractivity contribution in [1.82, 2.24) is 4.90 Å². The Morgan fingerprint density at radius 3 is 2.50 bits per heavy atom. The maximum atomic E-state index is 12.8. The van der Waals surface area contributed by atoms with Gasteiger partial charge in [-0.2, -0.15) is 0 Å². The van der Waals surface area contributed by atoms with Gasteiger partial charge in [0.15, 0.2) is 0 Å². The Bertz CT molecular complexity index is 1010. The maximum Gasteiger partial charge on any atom is 0.271 e. The Labute approximate surface area is 163 Å². The quantitative estimate of drug-likeness (QED) is 0.608. The van der Waals surface area contributed by atoms with Gasteiger partial charge in [0, 0.05) is 30.8 Å². The van der Waals surface area contributed by atoms with E-state index < -0.39 is 14.9 Å². The molecular weight excluding hydrogens is 382 g/mol. The third kappa shape index (κ3) is 4.30. The molecule has 0 atom stereocenters. The number of carbonyl (C=O) groups excluding carboxylic acids is 1. The summed E-state index contributed by atoms with van der Waals surface area (Å²) in [5, 5.41) is 10.9. The highest BCUT2D eigenvalue weighted by Gasteiger charge is 2.23. The highest BCUT2D eigenvalue weighted by molar-refractivity contribution is 7.92. The van der Waals surface area contributed by atoms with Crippen LogP contribution in [0, 0.1) is 17.0 Å². The molecule has 0 spiro atoms. The van der Waals surface area contributed by atoms with Crippen LogP contribution in [-0.4, -0.2) is 37.2 Å². The third-order valence-electron chi connectivity index (χ3n) is 4.70. The first-order valence-corrected chi connectivity index (χ1v) is 10.4. The van der Waals surface area contributed by atoms with Crippen molar-refractivity contribution < 1.29 is 18.1 Å². The molecule has 0 radical (unpaired) electrons. The molecule has 1 amide bonds. The van der Waals surface area contributed by atoms with Crippen molar-refractivity contribution in [1.29, 1.82) is 0 Å². The number of aryl methyl sites for hydroxylation is 1. The standard InChI is InChI=1S/C19H21N3O5S/c1-14-8-9-17(13-18(14)19(23)21-10-3-2-4-11-21)28(26,27)20-15-6-5-7-16(12-15)22(24)25/h5-9,12-13,20H,2-4,10-11H2,1H3. The lowest BCUT2D eigenvalue weighted by atomic mass is 10.1. The van der Waals surface area contributed by atoms with Crippen molar-refractivity contribution in [3.8, 4) is 0 Å². The predicted octanol–water partition coefficient (Wildman–Crippen LogP) is 3.33. The van der Waals surface area contributed by atoms with Gasteiger partial charge >= 0.3 is 0 Å². The summed E-state index contributed by atoms with van der Waals surface area (Å²) in [4.78, 5) is 24.8. The summed E-state index contributed by atoms with van der Waals surface area (Å²) in [6, 6.07) is 9.63. The number of benzene rings is 2. The lowest BCUT2D eigenvalue weighted by Crippen LogP contribution is -2.36. The molecule has 1 aliphatic heterocycles. The summed E-state index contributed by atoms with van der Waals surface area (Å²) in [6.07, 6.45) is 2.97. The molecule has 148 valence electrons. The van der Waals surface area contributed by atoms with E-state index in [-0.39, 0.29) is 22.2 Å². The number of amides is 1. The van der Waals surface area contributed by atoms with E-state index in [1.807, 2.05) is 0 Å². The molecule has 2 aromatic carbocycles. The van der Waals surface area contributed by atoms with Gasteiger partial charge in [-0.15, -0.1) is 0 Å². The molecule has 0 aromatic heterocycles. The number of hydrogen-bond acceptors (Lipinski definition) is 5. The zero-order valence-corrected chi connectivity index (χ0v) is 16.2. The van der Waals surface area contributed by atoms with Gasteiger partial charge in [-0.25, -0.2) is 8.42 Å². The molecule has 1 N–H and O–H groups in total. The van der Waals surface area contributed by atoms with Crippen molar-refractivity contribution in [2.45, 2.75) is 31.1 Å². The molecule has 1 fully saturated rings. The summed E-state index contributed by atoms with van der Waals surface area (Å²) < 4.78 is 27.8. The number of nitro benzene ring substituents is 1. The van der Waals surface area contributed by atoms with Gasteiger partial charge in [0.1, 0.15) is 0 Å². The number of anilines is 1. The van der Waals surface area contributed by atoms with Crippen LogP contribution in [0.15, 0.2) is 47.4 Å². The molecule has 0 bridgehead atoms. The Morgan fingerprint density at radius 2 is 1.82 bits per heavy atom. The van der Waals surface area contributed by atoms with Gasteiger partial charge in [-0.1, -0.05) is 12.1 Å². The summed E-state index contributed by atoms with van der Waals surface area (Å²) in [5.41, 5.74) is 0.914. The van der Waals surface area contributed by atoms with Crippen LogP contribution in [0.2, 0.25) is 0 Å². The van der Waals surface area contributed by atoms with Crippen LogP contribution in [0.4, 0.5) is 11.4 Å². The topological polar surface area (TPSA) is 110 Å². The monoisotopic (exact) mass is 403 g/mol. The highest BCUT2D eigenvalue weighted by atomic mass is 32.2. The van der Waals surface area contributed by atoms with Gasteiger partial charge in [0.05, 0.1) is 15.5 Å². The average Bonchev–Trinajstić information content (AvgIpc) is 2.68. The molecule has 0 saturated carbocycles. The van der Waals surface area contributed by atoms with Crippen molar-refractivity contribution in [2.24, 2.45) is 0 Å². The Morgan fingerprint density at radius 1 is 1.11 bits per heavy atom. The third-order valence-corrected chi connectivity index (χ3v) is 6.08. The first kappa shape index (κ1) is 19.8. The maximum absolute atomic E-state index is 12.8. The number of nitrogens with one attached hydrogen (secondary N) is 1. The molecule has 28 heavy (non-hydrogen) atoms. The van der Waals surface area contributed by atoms with Gasteiger partial charge in [0.2, 0.25) is 0 Å². The summed E-state index contributed by atoms with van der Waals surface area (Å²) in [5.74, 6) is -0.176. The largest absolute Gasteiger partial charge is 0.339 e. The average molecular weight is 403 g/mol. The van der Waals surface area contributed by atoms with E-state index in [0.29, 0.717) is 24.2 Å². The molecule has 1 saturated heterocycles. The predicted molar refractivity (Wildman–Crippen MR) is 105 cm³/mol. The molecule has 2 aromatic rings. The van der Waals surface area contributed by atoms with Crippen LogP contribution in [0.5, 0.6) is 0 Å². The summed E-state index contributed by atoms with van der Waals surface area (Å²) in [7, 11) is -4.00. The van der Waals surface area contributed by atoms with E-state index in [1.165, 1.54) is 30.3 Å². The van der Waals surface area contributed by atoms with Crippen molar-refractivity contribution in [3.63, 3.8) is 0 Å². The number of carbonyl (C=O) groups is 1. The molecule has 1 aliphatic rings. The number of hydrogen-bond donors (Lipinski definition) is 1. The van der Waals surface area contributed by atoms with Crippen LogP contribution < -0.4 is 4.72 Å². The molecular formula is C19H21N3O5S. The molecule has 1 heterocycles. The van der Waals surface area contributed by atoms with Crippen LogP contribution in [0.25, 0.3) is 0 Å². The normalized spacial score (nSPS) is 14.5. The van der Waals surface area contributed by atoms with Gasteiger partial charge in [-0.3, -0.25) is 19.6 Å². The fourth-order valence-corrected chi connectivity index (χ4v) is 4.24. The Balaban J connectivity index is 1.89. The second kappa shape index (κ2) is 7.97. The van der Waals surface area contributed by atoms with E-state index in [2.05, 4.69) is 4.72 Å². The first-order chi connectivity index (χ1) is 13.3. The zero-order chi connectivity index (χ0) is 20.3. The number of piperidine rings is 1. The van der Waals surface area contributed by atoms with Crippen molar-refractivity contribution in [3.05, 3.63) is 63.7 Å². The van der Waals surface area contributed by atoms with E-state index in [4.69, 9.17) is 0 Å². The van der Waals surface area contributed by atoms with Crippen molar-refractivity contribution >= 4 is 27.3 Å². The minimum absolute atomic E-state index is 0.0648. The SMILES string of the molecule is Cc1ccc(S(=O)(=O)Nc2cccc([N+](=O)[O-])c2)cc1C(=O)N1CCCCC1. The van der Waals surface area contributed by atoms with E-state index >= 15 is 0 Å². The first-order valence-electron chi connectivity index (χ1n) is 8.95. The molecule has 9 heteroatoms. The molecule has 3 rings (SSSR count). The molecule has 0 unspecified atom stereocenters. The number of rotatable bonds is 5. The lowest BCUT2D eigenvalue weighted by Gasteiger charge is -2.27. The number of non-ortho nitro benzene ring substituents is 1. The van der Waals surface area contributed by atoms with Gasteiger partial charge < -0.3 is 4.90 Å². The highest BCUT2D eigenvalue weighted by Crippen LogP contribution is 2.23.